The minimum atomic E-state index is 0.582. The van der Waals surface area contributed by atoms with E-state index in [0.29, 0.717) is 5.56 Å². The number of rotatable bonds is 2. The first-order valence-electron chi connectivity index (χ1n) is 3.70. The van der Waals surface area contributed by atoms with Gasteiger partial charge in [0.15, 0.2) is 6.29 Å². The van der Waals surface area contributed by atoms with Crippen LogP contribution in [0.5, 0.6) is 0 Å². The van der Waals surface area contributed by atoms with Gasteiger partial charge in [0.1, 0.15) is 0 Å². The molecular formula is C9H6N2OS. The van der Waals surface area contributed by atoms with Crippen molar-refractivity contribution in [1.29, 1.82) is 0 Å². The van der Waals surface area contributed by atoms with E-state index in [-0.39, 0.29) is 0 Å². The standard InChI is InChI=1S/C9H6N2OS/c12-4-7-1-2-8(10-3-7)9-5-13-6-11-9/h1-6H. The number of carbonyl (C=O) groups excluding carboxylic acids is 1. The summed E-state index contributed by atoms with van der Waals surface area (Å²) in [4.78, 5) is 18.6. The van der Waals surface area contributed by atoms with Crippen molar-refractivity contribution in [3.63, 3.8) is 0 Å². The predicted octanol–water partition coefficient (Wildman–Crippen LogP) is 2.02. The molecule has 0 amide bonds. The first-order chi connectivity index (χ1) is 6.40. The molecule has 2 heterocycles. The van der Waals surface area contributed by atoms with Crippen molar-refractivity contribution in [3.05, 3.63) is 34.8 Å². The zero-order chi connectivity index (χ0) is 9.10. The number of nitrogens with zero attached hydrogens (tertiary/aromatic N) is 2. The van der Waals surface area contributed by atoms with Crippen LogP contribution in [0.25, 0.3) is 11.4 Å². The Balaban J connectivity index is 2.38. The van der Waals surface area contributed by atoms with E-state index in [0.717, 1.165) is 17.7 Å². The van der Waals surface area contributed by atoms with Gasteiger partial charge in [-0.25, -0.2) is 4.98 Å². The van der Waals surface area contributed by atoms with E-state index in [1.165, 1.54) is 11.3 Å². The van der Waals surface area contributed by atoms with E-state index in [9.17, 15) is 4.79 Å². The maximum atomic E-state index is 10.4. The molecule has 2 rings (SSSR count). The van der Waals surface area contributed by atoms with Gasteiger partial charge in [-0.2, -0.15) is 0 Å². The van der Waals surface area contributed by atoms with Gasteiger partial charge in [0.25, 0.3) is 0 Å². The summed E-state index contributed by atoms with van der Waals surface area (Å²) in [5, 5.41) is 1.92. The van der Waals surface area contributed by atoms with Gasteiger partial charge in [-0.05, 0) is 12.1 Å². The maximum Gasteiger partial charge on any atom is 0.151 e. The van der Waals surface area contributed by atoms with Gasteiger partial charge in [-0.3, -0.25) is 9.78 Å². The van der Waals surface area contributed by atoms with Crippen LogP contribution in [-0.4, -0.2) is 16.3 Å². The summed E-state index contributed by atoms with van der Waals surface area (Å²) in [7, 11) is 0. The number of carbonyl (C=O) groups is 1. The van der Waals surface area contributed by atoms with Gasteiger partial charge in [0, 0.05) is 17.1 Å². The van der Waals surface area contributed by atoms with Gasteiger partial charge < -0.3 is 0 Å². The lowest BCUT2D eigenvalue weighted by Crippen LogP contribution is -1.85. The molecule has 2 aromatic heterocycles. The van der Waals surface area contributed by atoms with Crippen LogP contribution in [0.1, 0.15) is 10.4 Å². The topological polar surface area (TPSA) is 42.9 Å². The molecule has 0 unspecified atom stereocenters. The Morgan fingerprint density at radius 3 is 2.69 bits per heavy atom. The fourth-order valence-corrected chi connectivity index (χ4v) is 1.51. The Hall–Kier alpha value is -1.55. The lowest BCUT2D eigenvalue weighted by Gasteiger charge is -1.94. The lowest BCUT2D eigenvalue weighted by atomic mass is 10.2. The Labute approximate surface area is 79.1 Å². The largest absolute Gasteiger partial charge is 0.298 e. The molecule has 0 saturated heterocycles. The average molecular weight is 190 g/mol. The summed E-state index contributed by atoms with van der Waals surface area (Å²) >= 11 is 1.52. The van der Waals surface area contributed by atoms with Crippen LogP contribution in [-0.2, 0) is 0 Å². The third-order valence-corrected chi connectivity index (χ3v) is 2.20. The molecule has 64 valence electrons. The lowest BCUT2D eigenvalue weighted by molar-refractivity contribution is 0.112. The van der Waals surface area contributed by atoms with Crippen LogP contribution in [0.3, 0.4) is 0 Å². The first kappa shape index (κ1) is 8.07. The number of hydrogen-bond donors (Lipinski definition) is 0. The van der Waals surface area contributed by atoms with E-state index in [2.05, 4.69) is 9.97 Å². The SMILES string of the molecule is O=Cc1ccc(-c2cscn2)nc1. The van der Waals surface area contributed by atoms with Crippen molar-refractivity contribution in [1.82, 2.24) is 9.97 Å². The molecule has 0 N–H and O–H groups in total. The Morgan fingerprint density at radius 2 is 2.15 bits per heavy atom. The Morgan fingerprint density at radius 1 is 1.23 bits per heavy atom. The third-order valence-electron chi connectivity index (χ3n) is 1.62. The van der Waals surface area contributed by atoms with E-state index in [1.54, 1.807) is 23.8 Å². The molecular weight excluding hydrogens is 184 g/mol. The molecule has 0 radical (unpaired) electrons. The molecule has 0 aliphatic rings. The maximum absolute atomic E-state index is 10.4. The highest BCUT2D eigenvalue weighted by Gasteiger charge is 2.00. The Kier molecular flexibility index (Phi) is 2.14. The predicted molar refractivity (Wildman–Crippen MR) is 50.7 cm³/mol. The minimum Gasteiger partial charge on any atom is -0.298 e. The normalized spacial score (nSPS) is 9.85. The van der Waals surface area contributed by atoms with Gasteiger partial charge >= 0.3 is 0 Å². The highest BCUT2D eigenvalue weighted by molar-refractivity contribution is 7.07. The summed E-state index contributed by atoms with van der Waals surface area (Å²) in [6.07, 6.45) is 2.32. The highest BCUT2D eigenvalue weighted by atomic mass is 32.1. The molecule has 4 heteroatoms. The van der Waals surface area contributed by atoms with Crippen LogP contribution >= 0.6 is 11.3 Å². The van der Waals surface area contributed by atoms with Crippen molar-refractivity contribution < 1.29 is 4.79 Å². The molecule has 0 spiro atoms. The molecule has 0 bridgehead atoms. The van der Waals surface area contributed by atoms with Gasteiger partial charge in [0.05, 0.1) is 16.9 Å². The van der Waals surface area contributed by atoms with E-state index in [4.69, 9.17) is 0 Å². The van der Waals surface area contributed by atoms with Crippen molar-refractivity contribution in [2.75, 3.05) is 0 Å². The zero-order valence-electron chi connectivity index (χ0n) is 6.68. The quantitative estimate of drug-likeness (QED) is 0.680. The molecule has 13 heavy (non-hydrogen) atoms. The van der Waals surface area contributed by atoms with Crippen molar-refractivity contribution in [3.8, 4) is 11.4 Å². The molecule has 2 aromatic rings. The van der Waals surface area contributed by atoms with Crippen LogP contribution in [0.4, 0.5) is 0 Å². The number of pyridine rings is 1. The summed E-state index contributed by atoms with van der Waals surface area (Å²) < 4.78 is 0. The van der Waals surface area contributed by atoms with Crippen molar-refractivity contribution in [2.45, 2.75) is 0 Å². The molecule has 3 nitrogen and oxygen atoms in total. The minimum absolute atomic E-state index is 0.582. The van der Waals surface area contributed by atoms with Crippen LogP contribution in [0, 0.1) is 0 Å². The second-order valence-corrected chi connectivity index (χ2v) is 3.19. The second-order valence-electron chi connectivity index (χ2n) is 2.47. The van der Waals surface area contributed by atoms with Crippen molar-refractivity contribution >= 4 is 17.6 Å². The van der Waals surface area contributed by atoms with E-state index >= 15 is 0 Å². The highest BCUT2D eigenvalue weighted by Crippen LogP contribution is 2.15. The molecule has 0 aromatic carbocycles. The molecule has 0 aliphatic heterocycles. The summed E-state index contributed by atoms with van der Waals surface area (Å²) in [5.41, 5.74) is 3.98. The fraction of sp³-hybridized carbons (Fsp3) is 0. The summed E-state index contributed by atoms with van der Waals surface area (Å²) in [5.74, 6) is 0. The van der Waals surface area contributed by atoms with E-state index < -0.39 is 0 Å². The molecule has 0 fully saturated rings. The fourth-order valence-electron chi connectivity index (χ4n) is 0.966. The van der Waals surface area contributed by atoms with Gasteiger partial charge in [-0.15, -0.1) is 11.3 Å². The Bertz CT molecular complexity index is 394. The molecule has 0 atom stereocenters. The smallest absolute Gasteiger partial charge is 0.151 e. The second kappa shape index (κ2) is 3.45. The molecule has 0 saturated carbocycles. The first-order valence-corrected chi connectivity index (χ1v) is 4.64. The van der Waals surface area contributed by atoms with Gasteiger partial charge in [0.2, 0.25) is 0 Å². The summed E-state index contributed by atoms with van der Waals surface area (Å²) in [6, 6.07) is 3.52. The summed E-state index contributed by atoms with van der Waals surface area (Å²) in [6.45, 7) is 0. The third kappa shape index (κ3) is 1.62. The number of thiazole rings is 1. The van der Waals surface area contributed by atoms with Crippen LogP contribution in [0.15, 0.2) is 29.2 Å². The van der Waals surface area contributed by atoms with Crippen LogP contribution in [0.2, 0.25) is 0 Å². The number of hydrogen-bond acceptors (Lipinski definition) is 4. The number of aromatic nitrogens is 2. The van der Waals surface area contributed by atoms with Crippen LogP contribution < -0.4 is 0 Å². The average Bonchev–Trinajstić information content (AvgIpc) is 2.71. The van der Waals surface area contributed by atoms with Crippen molar-refractivity contribution in [2.24, 2.45) is 0 Å². The monoisotopic (exact) mass is 190 g/mol. The zero-order valence-corrected chi connectivity index (χ0v) is 7.49. The number of aldehydes is 1. The van der Waals surface area contributed by atoms with E-state index in [1.807, 2.05) is 5.38 Å². The molecule has 0 aliphatic carbocycles. The van der Waals surface area contributed by atoms with Gasteiger partial charge in [-0.1, -0.05) is 0 Å².